The molecule has 4 unspecified atom stereocenters. The van der Waals surface area contributed by atoms with E-state index in [2.05, 4.69) is 20.8 Å². The van der Waals surface area contributed by atoms with Gasteiger partial charge < -0.3 is 9.84 Å². The van der Waals surface area contributed by atoms with E-state index < -0.39 is 5.97 Å². The van der Waals surface area contributed by atoms with Crippen LogP contribution in [0, 0.1) is 46.3 Å². The third kappa shape index (κ3) is 3.71. The highest BCUT2D eigenvalue weighted by atomic mass is 16.5. The van der Waals surface area contributed by atoms with Gasteiger partial charge in [-0.1, -0.05) is 20.8 Å². The summed E-state index contributed by atoms with van der Waals surface area (Å²) in [5, 5.41) is 9.13. The summed E-state index contributed by atoms with van der Waals surface area (Å²) in [4.78, 5) is 22.5. The van der Waals surface area contributed by atoms with Crippen LogP contribution in [0.1, 0.15) is 98.3 Å². The van der Waals surface area contributed by atoms with Gasteiger partial charge in [-0.2, -0.15) is 0 Å². The van der Waals surface area contributed by atoms with Crippen molar-refractivity contribution in [2.75, 3.05) is 0 Å². The maximum atomic E-state index is 11.5. The van der Waals surface area contributed by atoms with Gasteiger partial charge >= 0.3 is 11.9 Å². The number of carboxylic acids is 1. The average molecular weight is 419 g/mol. The van der Waals surface area contributed by atoms with Crippen molar-refractivity contribution in [3.8, 4) is 0 Å². The van der Waals surface area contributed by atoms with E-state index in [1.165, 1.54) is 44.9 Å². The SMILES string of the molecule is CC(=O)O[C@H]1CC[C@@]2(C)C3CC[C@]4(C)C(CC[C@H]4C(C)CCC(=O)O)C3CC[C@H]2C1. The predicted octanol–water partition coefficient (Wildman–Crippen LogP) is 6.08. The molecule has 4 aliphatic carbocycles. The van der Waals surface area contributed by atoms with E-state index in [-0.39, 0.29) is 12.1 Å². The van der Waals surface area contributed by atoms with Crippen molar-refractivity contribution >= 4 is 11.9 Å². The molecule has 30 heavy (non-hydrogen) atoms. The van der Waals surface area contributed by atoms with Crippen LogP contribution in [-0.2, 0) is 14.3 Å². The molecule has 4 aliphatic rings. The smallest absolute Gasteiger partial charge is 0.303 e. The van der Waals surface area contributed by atoms with Crippen LogP contribution in [0.4, 0.5) is 0 Å². The van der Waals surface area contributed by atoms with Crippen molar-refractivity contribution in [2.24, 2.45) is 46.3 Å². The lowest BCUT2D eigenvalue weighted by molar-refractivity contribution is -0.160. The number of ether oxygens (including phenoxy) is 1. The lowest BCUT2D eigenvalue weighted by Gasteiger charge is -2.61. The number of carbonyl (C=O) groups excluding carboxylic acids is 1. The van der Waals surface area contributed by atoms with E-state index in [0.29, 0.717) is 35.0 Å². The third-order valence-corrected chi connectivity index (χ3v) is 10.5. The van der Waals surface area contributed by atoms with E-state index in [1.54, 1.807) is 6.92 Å². The molecule has 0 aromatic rings. The molecule has 0 bridgehead atoms. The van der Waals surface area contributed by atoms with Gasteiger partial charge in [0, 0.05) is 13.3 Å². The fraction of sp³-hybridized carbons (Fsp3) is 0.923. The van der Waals surface area contributed by atoms with Crippen molar-refractivity contribution in [1.82, 2.24) is 0 Å². The molecule has 0 aromatic carbocycles. The van der Waals surface area contributed by atoms with Gasteiger partial charge in [0.25, 0.3) is 0 Å². The number of carbonyl (C=O) groups is 2. The standard InChI is InChI=1S/C26H42O4/c1-16(5-10-24(28)29)21-8-9-22-20-7-6-18-15-19(30-17(2)27)11-13-25(18,3)23(20)12-14-26(21,22)4/h16,18-23H,5-15H2,1-4H3,(H,28,29)/t16?,18-,19-,20?,21-,22?,23?,25+,26-/m0/s1. The lowest BCUT2D eigenvalue weighted by atomic mass is 9.44. The van der Waals surface area contributed by atoms with Crippen LogP contribution >= 0.6 is 0 Å². The van der Waals surface area contributed by atoms with Crippen LogP contribution < -0.4 is 0 Å². The molecular formula is C26H42O4. The summed E-state index contributed by atoms with van der Waals surface area (Å²) in [5.41, 5.74) is 0.811. The second-order valence-electron chi connectivity index (χ2n) is 11.8. The predicted molar refractivity (Wildman–Crippen MR) is 117 cm³/mol. The number of carboxylic acid groups (broad SMARTS) is 1. The number of rotatable bonds is 5. The number of fused-ring (bicyclic) bond motifs is 5. The van der Waals surface area contributed by atoms with E-state index >= 15 is 0 Å². The van der Waals surface area contributed by atoms with Crippen molar-refractivity contribution < 1.29 is 19.4 Å². The zero-order valence-electron chi connectivity index (χ0n) is 19.5. The van der Waals surface area contributed by atoms with E-state index in [1.807, 2.05) is 0 Å². The summed E-state index contributed by atoms with van der Waals surface area (Å²) in [7, 11) is 0. The Hall–Kier alpha value is -1.06. The topological polar surface area (TPSA) is 63.6 Å². The first kappa shape index (κ1) is 22.1. The molecular weight excluding hydrogens is 376 g/mol. The summed E-state index contributed by atoms with van der Waals surface area (Å²) >= 11 is 0. The van der Waals surface area contributed by atoms with Gasteiger partial charge in [0.1, 0.15) is 6.10 Å². The van der Waals surface area contributed by atoms with Crippen LogP contribution in [-0.4, -0.2) is 23.1 Å². The zero-order valence-corrected chi connectivity index (χ0v) is 19.5. The van der Waals surface area contributed by atoms with Gasteiger partial charge in [-0.3, -0.25) is 9.59 Å². The molecule has 0 aliphatic heterocycles. The molecule has 0 aromatic heterocycles. The maximum Gasteiger partial charge on any atom is 0.303 e. The van der Waals surface area contributed by atoms with Crippen molar-refractivity contribution in [1.29, 1.82) is 0 Å². The molecule has 4 fully saturated rings. The monoisotopic (exact) mass is 418 g/mol. The Bertz CT molecular complexity index is 674. The van der Waals surface area contributed by atoms with Crippen LogP contribution in [0.5, 0.6) is 0 Å². The normalized spacial score (nSPS) is 46.3. The Morgan fingerprint density at radius 2 is 1.70 bits per heavy atom. The highest BCUT2D eigenvalue weighted by molar-refractivity contribution is 5.66. The second kappa shape index (κ2) is 8.13. The number of aliphatic carboxylic acids is 1. The minimum absolute atomic E-state index is 0.125. The van der Waals surface area contributed by atoms with Crippen LogP contribution in [0.2, 0.25) is 0 Å². The van der Waals surface area contributed by atoms with E-state index in [4.69, 9.17) is 9.84 Å². The van der Waals surface area contributed by atoms with Crippen LogP contribution in [0.25, 0.3) is 0 Å². The molecule has 1 N–H and O–H groups in total. The van der Waals surface area contributed by atoms with Gasteiger partial charge in [-0.15, -0.1) is 0 Å². The number of hydrogen-bond donors (Lipinski definition) is 1. The largest absolute Gasteiger partial charge is 0.481 e. The summed E-state index contributed by atoms with van der Waals surface area (Å²) in [5.74, 6) is 3.60. The minimum Gasteiger partial charge on any atom is -0.481 e. The first-order chi connectivity index (χ1) is 14.1. The summed E-state index contributed by atoms with van der Waals surface area (Å²) in [6.07, 6.45) is 12.5. The van der Waals surface area contributed by atoms with E-state index in [9.17, 15) is 9.59 Å². The highest BCUT2D eigenvalue weighted by Gasteiger charge is 2.60. The van der Waals surface area contributed by atoms with Crippen molar-refractivity contribution in [3.05, 3.63) is 0 Å². The van der Waals surface area contributed by atoms with Crippen molar-refractivity contribution in [2.45, 2.75) is 104 Å². The third-order valence-electron chi connectivity index (χ3n) is 10.5. The molecule has 4 nitrogen and oxygen atoms in total. The van der Waals surface area contributed by atoms with Crippen LogP contribution in [0.15, 0.2) is 0 Å². The fourth-order valence-electron chi connectivity index (χ4n) is 9.09. The molecule has 4 rings (SSSR count). The molecule has 9 atom stereocenters. The van der Waals surface area contributed by atoms with Gasteiger partial charge in [-0.25, -0.2) is 0 Å². The second-order valence-corrected chi connectivity index (χ2v) is 11.8. The first-order valence-corrected chi connectivity index (χ1v) is 12.5. The molecule has 4 heteroatoms. The highest BCUT2D eigenvalue weighted by Crippen LogP contribution is 2.68. The summed E-state index contributed by atoms with van der Waals surface area (Å²) < 4.78 is 5.61. The molecule has 0 saturated heterocycles. The van der Waals surface area contributed by atoms with Gasteiger partial charge in [0.2, 0.25) is 0 Å². The minimum atomic E-state index is -0.652. The molecule has 0 heterocycles. The Kier molecular flexibility index (Phi) is 6.00. The maximum absolute atomic E-state index is 11.5. The van der Waals surface area contributed by atoms with E-state index in [0.717, 1.165) is 37.0 Å². The Morgan fingerprint density at radius 3 is 2.40 bits per heavy atom. The first-order valence-electron chi connectivity index (χ1n) is 12.5. The van der Waals surface area contributed by atoms with Crippen molar-refractivity contribution in [3.63, 3.8) is 0 Å². The average Bonchev–Trinajstić information content (AvgIpc) is 3.03. The van der Waals surface area contributed by atoms with Crippen LogP contribution in [0.3, 0.4) is 0 Å². The van der Waals surface area contributed by atoms with Gasteiger partial charge in [0.05, 0.1) is 0 Å². The molecule has 0 amide bonds. The zero-order chi connectivity index (χ0) is 21.7. The Balaban J connectivity index is 1.47. The molecule has 4 saturated carbocycles. The quantitative estimate of drug-likeness (QED) is 0.550. The Morgan fingerprint density at radius 1 is 1.00 bits per heavy atom. The molecule has 0 spiro atoms. The Labute approximate surface area is 182 Å². The lowest BCUT2D eigenvalue weighted by Crippen LogP contribution is -2.54. The molecule has 0 radical (unpaired) electrons. The van der Waals surface area contributed by atoms with Gasteiger partial charge in [-0.05, 0) is 111 Å². The number of hydrogen-bond acceptors (Lipinski definition) is 3. The number of esters is 1. The summed E-state index contributed by atoms with van der Waals surface area (Å²) in [6, 6.07) is 0. The van der Waals surface area contributed by atoms with Gasteiger partial charge in [0.15, 0.2) is 0 Å². The fourth-order valence-corrected chi connectivity index (χ4v) is 9.09. The summed E-state index contributed by atoms with van der Waals surface area (Å²) in [6.45, 7) is 8.96. The molecule has 170 valence electrons.